The predicted octanol–water partition coefficient (Wildman–Crippen LogP) is 2.46. The first-order chi connectivity index (χ1) is 9.08. The number of benzene rings is 1. The number of aromatic nitrogens is 1. The number of aryl methyl sites for hydroxylation is 1. The monoisotopic (exact) mass is 255 g/mol. The van der Waals surface area contributed by atoms with E-state index in [1.54, 1.807) is 30.6 Å². The number of nitrogens with zero attached hydrogens (tertiary/aromatic N) is 1. The molecule has 0 aliphatic heterocycles. The molecule has 0 saturated carbocycles. The van der Waals surface area contributed by atoms with Crippen LogP contribution in [0.15, 0.2) is 42.7 Å². The van der Waals surface area contributed by atoms with Gasteiger partial charge in [0.05, 0.1) is 6.04 Å². The second kappa shape index (κ2) is 5.52. The van der Waals surface area contributed by atoms with E-state index < -0.39 is 0 Å². The van der Waals surface area contributed by atoms with Crippen molar-refractivity contribution in [3.05, 3.63) is 59.4 Å². The summed E-state index contributed by atoms with van der Waals surface area (Å²) in [6.07, 6.45) is 3.46. The number of hydrogen-bond donors (Lipinski definition) is 2. The van der Waals surface area contributed by atoms with E-state index in [1.165, 1.54) is 0 Å². The van der Waals surface area contributed by atoms with Gasteiger partial charge in [-0.1, -0.05) is 6.07 Å². The summed E-state index contributed by atoms with van der Waals surface area (Å²) < 4.78 is 0. The van der Waals surface area contributed by atoms with Crippen LogP contribution >= 0.6 is 0 Å². The lowest BCUT2D eigenvalue weighted by Gasteiger charge is -2.14. The molecule has 0 saturated heterocycles. The topological polar surface area (TPSA) is 68.0 Å². The van der Waals surface area contributed by atoms with Gasteiger partial charge in [-0.15, -0.1) is 0 Å². The molecule has 4 heteroatoms. The largest absolute Gasteiger partial charge is 0.399 e. The molecule has 2 aromatic rings. The Labute approximate surface area is 112 Å². The Morgan fingerprint density at radius 3 is 2.79 bits per heavy atom. The van der Waals surface area contributed by atoms with E-state index in [4.69, 9.17) is 5.73 Å². The van der Waals surface area contributed by atoms with Crippen LogP contribution in [0.4, 0.5) is 5.69 Å². The molecule has 0 fully saturated rings. The van der Waals surface area contributed by atoms with Crippen LogP contribution in [0.1, 0.15) is 34.5 Å². The van der Waals surface area contributed by atoms with Crippen molar-refractivity contribution < 1.29 is 4.79 Å². The molecular weight excluding hydrogens is 238 g/mol. The van der Waals surface area contributed by atoms with Crippen LogP contribution in [0.25, 0.3) is 0 Å². The van der Waals surface area contributed by atoms with Gasteiger partial charge in [-0.05, 0) is 49.2 Å². The molecule has 1 aromatic heterocycles. The van der Waals surface area contributed by atoms with E-state index in [2.05, 4.69) is 10.3 Å². The third-order valence-corrected chi connectivity index (χ3v) is 3.06. The molecule has 98 valence electrons. The summed E-state index contributed by atoms with van der Waals surface area (Å²) in [5.41, 5.74) is 8.93. The summed E-state index contributed by atoms with van der Waals surface area (Å²) in [6.45, 7) is 3.82. The third kappa shape index (κ3) is 3.10. The molecule has 0 aliphatic rings. The van der Waals surface area contributed by atoms with Crippen LogP contribution in [0.3, 0.4) is 0 Å². The number of nitrogens with two attached hydrogens (primary N) is 1. The Hall–Kier alpha value is -2.36. The van der Waals surface area contributed by atoms with Crippen molar-refractivity contribution in [2.24, 2.45) is 0 Å². The van der Waals surface area contributed by atoms with Crippen LogP contribution in [-0.2, 0) is 0 Å². The van der Waals surface area contributed by atoms with Crippen LogP contribution in [0.2, 0.25) is 0 Å². The van der Waals surface area contributed by atoms with Gasteiger partial charge >= 0.3 is 0 Å². The highest BCUT2D eigenvalue weighted by Crippen LogP contribution is 2.15. The Balaban J connectivity index is 2.11. The first kappa shape index (κ1) is 13.1. The lowest BCUT2D eigenvalue weighted by molar-refractivity contribution is 0.0940. The molecule has 2 rings (SSSR count). The number of hydrogen-bond acceptors (Lipinski definition) is 3. The van der Waals surface area contributed by atoms with Crippen LogP contribution < -0.4 is 11.1 Å². The summed E-state index contributed by atoms with van der Waals surface area (Å²) >= 11 is 0. The van der Waals surface area contributed by atoms with Crippen molar-refractivity contribution in [3.63, 3.8) is 0 Å². The van der Waals surface area contributed by atoms with Gasteiger partial charge in [0.15, 0.2) is 0 Å². The minimum atomic E-state index is -0.112. The number of carbonyl (C=O) groups is 1. The van der Waals surface area contributed by atoms with Crippen LogP contribution in [0.5, 0.6) is 0 Å². The average Bonchev–Trinajstić information content (AvgIpc) is 2.42. The van der Waals surface area contributed by atoms with Crippen LogP contribution in [0, 0.1) is 6.92 Å². The maximum Gasteiger partial charge on any atom is 0.251 e. The van der Waals surface area contributed by atoms with Gasteiger partial charge < -0.3 is 11.1 Å². The summed E-state index contributed by atoms with van der Waals surface area (Å²) in [7, 11) is 0. The zero-order valence-electron chi connectivity index (χ0n) is 11.1. The van der Waals surface area contributed by atoms with Gasteiger partial charge in [-0.3, -0.25) is 9.78 Å². The number of nitrogen functional groups attached to an aromatic ring is 1. The molecule has 1 aromatic carbocycles. The molecular formula is C15H17N3O. The highest BCUT2D eigenvalue weighted by atomic mass is 16.1. The van der Waals surface area contributed by atoms with Gasteiger partial charge in [-0.25, -0.2) is 0 Å². The number of rotatable bonds is 3. The van der Waals surface area contributed by atoms with Gasteiger partial charge in [0.1, 0.15) is 0 Å². The lowest BCUT2D eigenvalue weighted by Crippen LogP contribution is -2.26. The number of nitrogens with one attached hydrogen (secondary N) is 1. The number of pyridine rings is 1. The Morgan fingerprint density at radius 1 is 1.37 bits per heavy atom. The highest BCUT2D eigenvalue weighted by Gasteiger charge is 2.11. The number of carbonyl (C=O) groups excluding carboxylic acids is 1. The fourth-order valence-corrected chi connectivity index (χ4v) is 1.81. The van der Waals surface area contributed by atoms with Crippen molar-refractivity contribution >= 4 is 11.6 Å². The van der Waals surface area contributed by atoms with Gasteiger partial charge in [0.2, 0.25) is 0 Å². The molecule has 0 spiro atoms. The zero-order valence-corrected chi connectivity index (χ0v) is 11.1. The van der Waals surface area contributed by atoms with Gasteiger partial charge in [0.25, 0.3) is 5.91 Å². The summed E-state index contributed by atoms with van der Waals surface area (Å²) in [4.78, 5) is 16.2. The zero-order chi connectivity index (χ0) is 13.8. The Morgan fingerprint density at radius 2 is 2.16 bits per heavy atom. The van der Waals surface area contributed by atoms with Crippen molar-refractivity contribution in [1.29, 1.82) is 0 Å². The van der Waals surface area contributed by atoms with Crippen molar-refractivity contribution in [1.82, 2.24) is 10.3 Å². The Bertz CT molecular complexity index is 581. The molecule has 1 amide bonds. The normalized spacial score (nSPS) is 11.9. The first-order valence-corrected chi connectivity index (χ1v) is 6.15. The fraction of sp³-hybridized carbons (Fsp3) is 0.200. The fourth-order valence-electron chi connectivity index (χ4n) is 1.81. The minimum Gasteiger partial charge on any atom is -0.399 e. The molecule has 19 heavy (non-hydrogen) atoms. The number of amides is 1. The maximum absolute atomic E-state index is 12.1. The molecule has 1 heterocycles. The summed E-state index contributed by atoms with van der Waals surface area (Å²) in [5.74, 6) is -0.112. The smallest absolute Gasteiger partial charge is 0.251 e. The summed E-state index contributed by atoms with van der Waals surface area (Å²) in [5, 5.41) is 2.94. The lowest BCUT2D eigenvalue weighted by atomic mass is 10.1. The minimum absolute atomic E-state index is 0.0842. The second-order valence-corrected chi connectivity index (χ2v) is 4.55. The van der Waals surface area contributed by atoms with E-state index in [1.807, 2.05) is 26.0 Å². The Kier molecular flexibility index (Phi) is 3.80. The summed E-state index contributed by atoms with van der Waals surface area (Å²) in [6, 6.07) is 8.98. The van der Waals surface area contributed by atoms with Gasteiger partial charge in [0, 0.05) is 23.6 Å². The standard InChI is InChI=1S/C15H17N3O/c1-10-8-12(5-6-14(10)16)15(19)18-11(2)13-4-3-7-17-9-13/h3-9,11H,16H2,1-2H3,(H,18,19). The first-order valence-electron chi connectivity index (χ1n) is 6.15. The molecule has 0 aliphatic carbocycles. The molecule has 1 atom stereocenters. The SMILES string of the molecule is Cc1cc(C(=O)NC(C)c2cccnc2)ccc1N. The molecule has 4 nitrogen and oxygen atoms in total. The average molecular weight is 255 g/mol. The maximum atomic E-state index is 12.1. The van der Waals surface area contributed by atoms with Crippen molar-refractivity contribution in [3.8, 4) is 0 Å². The molecule has 3 N–H and O–H groups in total. The van der Waals surface area contributed by atoms with E-state index >= 15 is 0 Å². The predicted molar refractivity (Wildman–Crippen MR) is 75.7 cm³/mol. The van der Waals surface area contributed by atoms with Crippen molar-refractivity contribution in [2.45, 2.75) is 19.9 Å². The van der Waals surface area contributed by atoms with Crippen LogP contribution in [-0.4, -0.2) is 10.9 Å². The quantitative estimate of drug-likeness (QED) is 0.828. The van der Waals surface area contributed by atoms with E-state index in [-0.39, 0.29) is 11.9 Å². The highest BCUT2D eigenvalue weighted by molar-refractivity contribution is 5.95. The number of anilines is 1. The van der Waals surface area contributed by atoms with Crippen molar-refractivity contribution in [2.75, 3.05) is 5.73 Å². The molecule has 0 bridgehead atoms. The van der Waals surface area contributed by atoms with Gasteiger partial charge in [-0.2, -0.15) is 0 Å². The van der Waals surface area contributed by atoms with E-state index in [0.717, 1.165) is 11.1 Å². The van der Waals surface area contributed by atoms with E-state index in [9.17, 15) is 4.79 Å². The van der Waals surface area contributed by atoms with E-state index in [0.29, 0.717) is 11.3 Å². The molecule has 0 radical (unpaired) electrons. The molecule has 1 unspecified atom stereocenters. The third-order valence-electron chi connectivity index (χ3n) is 3.06. The second-order valence-electron chi connectivity index (χ2n) is 4.55.